The van der Waals surface area contributed by atoms with Gasteiger partial charge in [0.15, 0.2) is 0 Å². The van der Waals surface area contributed by atoms with Gasteiger partial charge in [0.1, 0.15) is 11.6 Å². The highest BCUT2D eigenvalue weighted by Gasteiger charge is 2.50. The number of rotatable bonds is 5. The van der Waals surface area contributed by atoms with Crippen LogP contribution in [0.15, 0.2) is 29.7 Å². The lowest BCUT2D eigenvalue weighted by Gasteiger charge is -2.41. The van der Waals surface area contributed by atoms with Gasteiger partial charge in [-0.05, 0) is 54.9 Å². The fraction of sp³-hybridized carbons (Fsp3) is 0.444. The first-order valence-electron chi connectivity index (χ1n) is 11.7. The second kappa shape index (κ2) is 9.48. The van der Waals surface area contributed by atoms with Crippen molar-refractivity contribution in [2.45, 2.75) is 52.6 Å². The van der Waals surface area contributed by atoms with Crippen molar-refractivity contribution in [3.05, 3.63) is 57.6 Å². The van der Waals surface area contributed by atoms with E-state index in [1.165, 1.54) is 6.92 Å². The maximum atomic E-state index is 11.0. The van der Waals surface area contributed by atoms with Crippen LogP contribution in [-0.4, -0.2) is 27.9 Å². The SMILES string of the molecule is CC(=O)OCC1CC(C#Cc2cc(CO)cc(C3(C(C)C)C(C#N)=C(N)Oc4n[nH]c(C)c43)c2)C1. The summed E-state index contributed by atoms with van der Waals surface area (Å²) in [6.07, 6.45) is 1.77. The average molecular weight is 475 g/mol. The Morgan fingerprint density at radius 2 is 2.14 bits per heavy atom. The zero-order chi connectivity index (χ0) is 25.3. The number of carbonyl (C=O) groups is 1. The third kappa shape index (κ3) is 4.26. The van der Waals surface area contributed by atoms with Gasteiger partial charge in [0, 0.05) is 24.1 Å². The third-order valence-corrected chi connectivity index (χ3v) is 6.94. The molecule has 2 heterocycles. The first kappa shape index (κ1) is 24.4. The monoisotopic (exact) mass is 474 g/mol. The van der Waals surface area contributed by atoms with Gasteiger partial charge >= 0.3 is 5.97 Å². The molecule has 0 amide bonds. The average Bonchev–Trinajstić information content (AvgIpc) is 3.16. The Bertz CT molecular complexity index is 1280. The number of hydrogen-bond acceptors (Lipinski definition) is 7. The molecule has 2 aromatic rings. The van der Waals surface area contributed by atoms with Gasteiger partial charge in [-0.2, -0.15) is 5.26 Å². The van der Waals surface area contributed by atoms with Gasteiger partial charge < -0.3 is 20.3 Å². The summed E-state index contributed by atoms with van der Waals surface area (Å²) in [7, 11) is 0. The van der Waals surface area contributed by atoms with Gasteiger partial charge in [0.2, 0.25) is 11.8 Å². The molecule has 2 aliphatic rings. The molecule has 1 saturated carbocycles. The minimum Gasteiger partial charge on any atom is -0.466 e. The molecule has 1 fully saturated rings. The summed E-state index contributed by atoms with van der Waals surface area (Å²) < 4.78 is 10.8. The number of aromatic nitrogens is 2. The number of ether oxygens (including phenoxy) is 2. The minimum atomic E-state index is -0.920. The van der Waals surface area contributed by atoms with Crippen molar-refractivity contribution in [2.75, 3.05) is 6.61 Å². The molecule has 4 rings (SSSR count). The fourth-order valence-electron chi connectivity index (χ4n) is 5.26. The number of nitrogens with two attached hydrogens (primary N) is 1. The zero-order valence-corrected chi connectivity index (χ0v) is 20.4. The van der Waals surface area contributed by atoms with Crippen LogP contribution in [0.4, 0.5) is 0 Å². The Kier molecular flexibility index (Phi) is 6.60. The van der Waals surface area contributed by atoms with E-state index in [0.717, 1.165) is 35.2 Å². The molecule has 1 unspecified atom stereocenters. The maximum absolute atomic E-state index is 11.0. The Hall–Kier alpha value is -3.75. The lowest BCUT2D eigenvalue weighted by atomic mass is 9.61. The lowest BCUT2D eigenvalue weighted by molar-refractivity contribution is -0.143. The number of hydrogen-bond donors (Lipinski definition) is 3. The number of aryl methyl sites for hydroxylation is 1. The number of nitrogens with one attached hydrogen (secondary N) is 1. The summed E-state index contributed by atoms with van der Waals surface area (Å²) in [5, 5.41) is 27.4. The standard InChI is InChI=1S/C27H30N4O4/c1-15(2)27(23(12-28)25(29)35-26-24(27)16(3)30-31-26)22-10-19(7-20(11-22)13-32)6-5-18-8-21(9-18)14-34-17(4)33/h7,10-11,15,18,21,32H,8-9,13-14,29H2,1-4H3,(H,30,31). The summed E-state index contributed by atoms with van der Waals surface area (Å²) in [6.45, 7) is 7.63. The molecule has 0 saturated heterocycles. The minimum absolute atomic E-state index is 0.0236. The molecule has 8 nitrogen and oxygen atoms in total. The van der Waals surface area contributed by atoms with Crippen LogP contribution in [0.2, 0.25) is 0 Å². The molecule has 1 atom stereocenters. The number of nitriles is 1. The summed E-state index contributed by atoms with van der Waals surface area (Å²) in [4.78, 5) is 11.0. The van der Waals surface area contributed by atoms with E-state index < -0.39 is 5.41 Å². The largest absolute Gasteiger partial charge is 0.466 e. The van der Waals surface area contributed by atoms with Crippen LogP contribution in [0, 0.1) is 47.8 Å². The number of nitrogens with zero attached hydrogens (tertiary/aromatic N) is 2. The molecule has 182 valence electrons. The Morgan fingerprint density at radius 3 is 2.77 bits per heavy atom. The summed E-state index contributed by atoms with van der Waals surface area (Å²) in [5.74, 6) is 7.18. The second-order valence-corrected chi connectivity index (χ2v) is 9.63. The van der Waals surface area contributed by atoms with Crippen LogP contribution in [0.5, 0.6) is 5.88 Å². The van der Waals surface area contributed by atoms with Crippen LogP contribution < -0.4 is 10.5 Å². The topological polar surface area (TPSA) is 134 Å². The second-order valence-electron chi connectivity index (χ2n) is 9.63. The molecule has 1 aliphatic heterocycles. The highest BCUT2D eigenvalue weighted by molar-refractivity contribution is 5.66. The summed E-state index contributed by atoms with van der Waals surface area (Å²) >= 11 is 0. The smallest absolute Gasteiger partial charge is 0.302 e. The maximum Gasteiger partial charge on any atom is 0.302 e. The van der Waals surface area contributed by atoms with Crippen LogP contribution in [-0.2, 0) is 21.6 Å². The van der Waals surface area contributed by atoms with Gasteiger partial charge in [-0.25, -0.2) is 0 Å². The number of H-pyrrole nitrogens is 1. The number of aliphatic hydroxyl groups excluding tert-OH is 1. The molecule has 0 radical (unpaired) electrons. The van der Waals surface area contributed by atoms with Crippen molar-refractivity contribution in [1.29, 1.82) is 5.26 Å². The molecule has 1 aliphatic carbocycles. The van der Waals surface area contributed by atoms with Crippen LogP contribution >= 0.6 is 0 Å². The number of aliphatic hydroxyl groups is 1. The molecular formula is C27H30N4O4. The highest BCUT2D eigenvalue weighted by Crippen LogP contribution is 2.52. The first-order valence-corrected chi connectivity index (χ1v) is 11.7. The predicted octanol–water partition coefficient (Wildman–Crippen LogP) is 3.18. The Balaban J connectivity index is 1.76. The van der Waals surface area contributed by atoms with Crippen molar-refractivity contribution in [3.8, 4) is 23.8 Å². The van der Waals surface area contributed by atoms with E-state index in [0.29, 0.717) is 29.5 Å². The van der Waals surface area contributed by atoms with Crippen molar-refractivity contribution in [1.82, 2.24) is 10.2 Å². The number of benzene rings is 1. The van der Waals surface area contributed by atoms with Gasteiger partial charge in [-0.1, -0.05) is 31.8 Å². The number of allylic oxidation sites excluding steroid dienone is 1. The molecule has 4 N–H and O–H groups in total. The van der Waals surface area contributed by atoms with E-state index in [2.05, 4.69) is 28.1 Å². The molecule has 8 heteroatoms. The van der Waals surface area contributed by atoms with E-state index in [1.807, 2.05) is 39.0 Å². The van der Waals surface area contributed by atoms with E-state index >= 15 is 0 Å². The van der Waals surface area contributed by atoms with Crippen LogP contribution in [0.3, 0.4) is 0 Å². The zero-order valence-electron chi connectivity index (χ0n) is 20.4. The van der Waals surface area contributed by atoms with Crippen LogP contribution in [0.1, 0.15) is 61.6 Å². The van der Waals surface area contributed by atoms with Gasteiger partial charge in [-0.3, -0.25) is 9.89 Å². The van der Waals surface area contributed by atoms with E-state index in [-0.39, 0.29) is 30.3 Å². The normalized spacial score (nSPS) is 22.9. The molecule has 1 aromatic carbocycles. The van der Waals surface area contributed by atoms with Crippen molar-refractivity contribution >= 4 is 5.97 Å². The van der Waals surface area contributed by atoms with Crippen molar-refractivity contribution < 1.29 is 19.4 Å². The Morgan fingerprint density at radius 1 is 1.40 bits per heavy atom. The lowest BCUT2D eigenvalue weighted by Crippen LogP contribution is -2.41. The first-order chi connectivity index (χ1) is 16.7. The molecular weight excluding hydrogens is 444 g/mol. The van der Waals surface area contributed by atoms with Crippen molar-refractivity contribution in [2.24, 2.45) is 23.5 Å². The number of esters is 1. The van der Waals surface area contributed by atoms with Gasteiger partial charge in [0.25, 0.3) is 0 Å². The molecule has 35 heavy (non-hydrogen) atoms. The van der Waals surface area contributed by atoms with Crippen LogP contribution in [0.25, 0.3) is 0 Å². The number of fused-ring (bicyclic) bond motifs is 1. The number of carbonyl (C=O) groups excluding carboxylic acids is 1. The van der Waals surface area contributed by atoms with E-state index in [4.69, 9.17) is 15.2 Å². The predicted molar refractivity (Wildman–Crippen MR) is 128 cm³/mol. The molecule has 0 bridgehead atoms. The third-order valence-electron chi connectivity index (χ3n) is 6.94. The van der Waals surface area contributed by atoms with Gasteiger partial charge in [0.05, 0.1) is 24.2 Å². The summed E-state index contributed by atoms with van der Waals surface area (Å²) in [5.41, 5.74) is 9.41. The quantitative estimate of drug-likeness (QED) is 0.447. The fourth-order valence-corrected chi connectivity index (χ4v) is 5.26. The number of aromatic amines is 1. The van der Waals surface area contributed by atoms with E-state index in [9.17, 15) is 15.2 Å². The van der Waals surface area contributed by atoms with E-state index in [1.54, 1.807) is 0 Å². The van der Waals surface area contributed by atoms with Gasteiger partial charge in [-0.15, -0.1) is 5.10 Å². The highest BCUT2D eigenvalue weighted by atomic mass is 16.5. The Labute approximate surface area is 205 Å². The molecule has 1 aromatic heterocycles. The molecule has 0 spiro atoms. The van der Waals surface area contributed by atoms with Crippen molar-refractivity contribution in [3.63, 3.8) is 0 Å². The summed E-state index contributed by atoms with van der Waals surface area (Å²) in [6, 6.07) is 8.01.